The molecule has 1 unspecified atom stereocenters. The molecule has 4 rings (SSSR count). The molecule has 4 aromatic rings. The molecule has 0 spiro atoms. The monoisotopic (exact) mass is 637 g/mol. The van der Waals surface area contributed by atoms with Crippen LogP contribution in [-0.2, 0) is 6.42 Å². The van der Waals surface area contributed by atoms with Crippen molar-refractivity contribution in [3.63, 3.8) is 0 Å². The highest BCUT2D eigenvalue weighted by Crippen LogP contribution is 2.32. The maximum Gasteiger partial charge on any atom is 0.344 e. The van der Waals surface area contributed by atoms with Crippen LogP contribution in [-0.4, -0.2) is 29.6 Å². The van der Waals surface area contributed by atoms with Crippen LogP contribution in [0.25, 0.3) is 0 Å². The minimum absolute atomic E-state index is 0.0687. The van der Waals surface area contributed by atoms with Crippen LogP contribution in [0.15, 0.2) is 95.2 Å². The SMILES string of the molecule is CCCCOc1ccc(C(=O)Oc2ccc(C(=O)Oc3ccc(N=Nc4ccc(CC)cc4)c(OC(CC)CCCC)n3)cc2)cc1. The van der Waals surface area contributed by atoms with Gasteiger partial charge in [-0.3, -0.25) is 0 Å². The number of esters is 2. The molecular weight excluding hydrogens is 594 g/mol. The van der Waals surface area contributed by atoms with Crippen molar-refractivity contribution in [1.82, 2.24) is 4.98 Å². The predicted molar refractivity (Wildman–Crippen MR) is 182 cm³/mol. The Hall–Kier alpha value is -5.05. The third kappa shape index (κ3) is 10.8. The van der Waals surface area contributed by atoms with Gasteiger partial charge in [0.05, 0.1) is 23.4 Å². The molecule has 1 heterocycles. The van der Waals surface area contributed by atoms with Crippen LogP contribution in [0.2, 0.25) is 0 Å². The van der Waals surface area contributed by atoms with Crippen LogP contribution in [0.3, 0.4) is 0 Å². The molecule has 0 saturated carbocycles. The average molecular weight is 638 g/mol. The summed E-state index contributed by atoms with van der Waals surface area (Å²) < 4.78 is 23.0. The average Bonchev–Trinajstić information content (AvgIpc) is 3.10. The van der Waals surface area contributed by atoms with Gasteiger partial charge in [0.15, 0.2) is 0 Å². The fourth-order valence-electron chi connectivity index (χ4n) is 4.48. The number of nitrogens with zero attached hydrogens (tertiary/aromatic N) is 3. The molecule has 0 bridgehead atoms. The van der Waals surface area contributed by atoms with Crippen LogP contribution >= 0.6 is 0 Å². The first-order chi connectivity index (χ1) is 22.9. The number of azo groups is 1. The van der Waals surface area contributed by atoms with Crippen molar-refractivity contribution in [2.45, 2.75) is 78.7 Å². The topological polar surface area (TPSA) is 109 Å². The Balaban J connectivity index is 1.43. The van der Waals surface area contributed by atoms with E-state index in [1.807, 2.05) is 24.3 Å². The van der Waals surface area contributed by atoms with E-state index in [0.717, 1.165) is 44.9 Å². The number of aromatic nitrogens is 1. The molecule has 0 amide bonds. The Morgan fingerprint density at radius 3 is 1.96 bits per heavy atom. The lowest BCUT2D eigenvalue weighted by Gasteiger charge is -2.18. The van der Waals surface area contributed by atoms with E-state index in [1.54, 1.807) is 36.4 Å². The number of unbranched alkanes of at least 4 members (excludes halogenated alkanes) is 2. The Morgan fingerprint density at radius 2 is 1.34 bits per heavy atom. The van der Waals surface area contributed by atoms with Crippen molar-refractivity contribution in [2.75, 3.05) is 6.61 Å². The largest absolute Gasteiger partial charge is 0.494 e. The Labute approximate surface area is 277 Å². The number of hydrogen-bond acceptors (Lipinski definition) is 9. The van der Waals surface area contributed by atoms with Gasteiger partial charge in [0, 0.05) is 6.07 Å². The summed E-state index contributed by atoms with van der Waals surface area (Å²) in [5.41, 5.74) is 3.01. The summed E-state index contributed by atoms with van der Waals surface area (Å²) in [6.45, 7) is 9.02. The van der Waals surface area contributed by atoms with Crippen molar-refractivity contribution < 1.29 is 28.5 Å². The number of hydrogen-bond donors (Lipinski definition) is 0. The van der Waals surface area contributed by atoms with E-state index in [4.69, 9.17) is 18.9 Å². The second kappa shape index (κ2) is 18.2. The molecule has 0 N–H and O–H groups in total. The zero-order valence-electron chi connectivity index (χ0n) is 27.6. The normalized spacial score (nSPS) is 11.7. The first-order valence-corrected chi connectivity index (χ1v) is 16.4. The Morgan fingerprint density at radius 1 is 0.702 bits per heavy atom. The van der Waals surface area contributed by atoms with E-state index in [1.165, 1.54) is 29.8 Å². The fourth-order valence-corrected chi connectivity index (χ4v) is 4.48. The van der Waals surface area contributed by atoms with E-state index >= 15 is 0 Å². The Bertz CT molecular complexity index is 1600. The fraction of sp³-hybridized carbons (Fsp3) is 0.342. The number of rotatable bonds is 17. The van der Waals surface area contributed by atoms with Gasteiger partial charge >= 0.3 is 11.9 Å². The Kier molecular flexibility index (Phi) is 13.5. The van der Waals surface area contributed by atoms with E-state index in [-0.39, 0.29) is 23.4 Å². The van der Waals surface area contributed by atoms with E-state index < -0.39 is 11.9 Å². The molecule has 1 aromatic heterocycles. The van der Waals surface area contributed by atoms with Crippen molar-refractivity contribution in [3.05, 3.63) is 102 Å². The smallest absolute Gasteiger partial charge is 0.344 e. The highest BCUT2D eigenvalue weighted by atomic mass is 16.5. The number of ether oxygens (including phenoxy) is 4. The molecule has 0 aliphatic carbocycles. The number of aryl methyl sites for hydroxylation is 1. The summed E-state index contributed by atoms with van der Waals surface area (Å²) in [6.07, 6.45) is 6.59. The van der Waals surface area contributed by atoms with E-state index in [2.05, 4.69) is 42.9 Å². The molecule has 1 atom stereocenters. The first kappa shape index (κ1) is 34.8. The van der Waals surface area contributed by atoms with E-state index in [9.17, 15) is 9.59 Å². The zero-order chi connectivity index (χ0) is 33.4. The van der Waals surface area contributed by atoms with Gasteiger partial charge in [-0.15, -0.1) is 5.11 Å². The number of benzene rings is 3. The summed E-state index contributed by atoms with van der Waals surface area (Å²) in [4.78, 5) is 30.1. The molecule has 9 nitrogen and oxygen atoms in total. The van der Waals surface area contributed by atoms with Crippen molar-refractivity contribution >= 4 is 23.3 Å². The van der Waals surface area contributed by atoms with Crippen LogP contribution in [0.5, 0.6) is 23.3 Å². The zero-order valence-corrected chi connectivity index (χ0v) is 27.6. The molecule has 0 fully saturated rings. The maximum atomic E-state index is 13.0. The second-order valence-electron chi connectivity index (χ2n) is 11.0. The summed E-state index contributed by atoms with van der Waals surface area (Å²) >= 11 is 0. The summed E-state index contributed by atoms with van der Waals surface area (Å²) in [5, 5.41) is 8.77. The van der Waals surface area contributed by atoms with E-state index in [0.29, 0.717) is 35.0 Å². The second-order valence-corrected chi connectivity index (χ2v) is 11.0. The van der Waals surface area contributed by atoms with Gasteiger partial charge in [-0.25, -0.2) is 9.59 Å². The van der Waals surface area contributed by atoms with Crippen LogP contribution < -0.4 is 18.9 Å². The minimum atomic E-state index is -0.622. The van der Waals surface area contributed by atoms with Gasteiger partial charge in [-0.2, -0.15) is 10.1 Å². The van der Waals surface area contributed by atoms with Gasteiger partial charge in [-0.05, 0) is 98.0 Å². The predicted octanol–water partition coefficient (Wildman–Crippen LogP) is 10.0. The standard InChI is InChI=1S/C38H43N3O6/c1-5-9-11-31(8-4)45-36-34(41-40-30-18-12-27(7-3)13-19-30)24-25-35(39-36)47-38(43)29-16-22-33(23-17-29)46-37(42)28-14-20-32(21-15-28)44-26-10-6-2/h12-25,31H,5-11,26H2,1-4H3. The van der Waals surface area contributed by atoms with Crippen LogP contribution in [0.1, 0.15) is 92.5 Å². The molecule has 3 aromatic carbocycles. The molecule has 47 heavy (non-hydrogen) atoms. The molecule has 9 heteroatoms. The maximum absolute atomic E-state index is 13.0. The van der Waals surface area contributed by atoms with Gasteiger partial charge in [-0.1, -0.05) is 59.1 Å². The molecule has 246 valence electrons. The quantitative estimate of drug-likeness (QED) is 0.0490. The summed E-state index contributed by atoms with van der Waals surface area (Å²) in [5.74, 6) is 0.166. The van der Waals surface area contributed by atoms with Crippen molar-refractivity contribution in [1.29, 1.82) is 0 Å². The van der Waals surface area contributed by atoms with Gasteiger partial charge in [0.1, 0.15) is 23.3 Å². The summed E-state index contributed by atoms with van der Waals surface area (Å²) in [6, 6.07) is 24.0. The molecule has 0 aliphatic rings. The van der Waals surface area contributed by atoms with Crippen molar-refractivity contribution in [2.24, 2.45) is 10.2 Å². The van der Waals surface area contributed by atoms with Crippen molar-refractivity contribution in [3.8, 4) is 23.3 Å². The molecule has 0 saturated heterocycles. The number of carbonyl (C=O) groups is 2. The number of carbonyl (C=O) groups excluding carboxylic acids is 2. The lowest BCUT2D eigenvalue weighted by molar-refractivity contribution is 0.0723. The minimum Gasteiger partial charge on any atom is -0.494 e. The number of pyridine rings is 1. The summed E-state index contributed by atoms with van der Waals surface area (Å²) in [7, 11) is 0. The van der Waals surface area contributed by atoms with Crippen LogP contribution in [0.4, 0.5) is 11.4 Å². The molecule has 0 aliphatic heterocycles. The molecular formula is C38H43N3O6. The van der Waals surface area contributed by atoms with Crippen LogP contribution in [0, 0.1) is 0 Å². The first-order valence-electron chi connectivity index (χ1n) is 16.4. The van der Waals surface area contributed by atoms with Gasteiger partial charge < -0.3 is 18.9 Å². The third-order valence-electron chi connectivity index (χ3n) is 7.40. The highest BCUT2D eigenvalue weighted by molar-refractivity contribution is 5.92. The third-order valence-corrected chi connectivity index (χ3v) is 7.40. The van der Waals surface area contributed by atoms with Gasteiger partial charge in [0.2, 0.25) is 11.8 Å². The van der Waals surface area contributed by atoms with Gasteiger partial charge in [0.25, 0.3) is 0 Å². The molecule has 0 radical (unpaired) electrons. The lowest BCUT2D eigenvalue weighted by Crippen LogP contribution is -2.16. The highest BCUT2D eigenvalue weighted by Gasteiger charge is 2.17. The lowest BCUT2D eigenvalue weighted by atomic mass is 10.1.